The van der Waals surface area contributed by atoms with Gasteiger partial charge >= 0.3 is 0 Å². The Kier molecular flexibility index (Phi) is 7.22. The first-order valence-corrected chi connectivity index (χ1v) is 6.71. The third kappa shape index (κ3) is 4.93. The van der Waals surface area contributed by atoms with Crippen LogP contribution in [0.25, 0.3) is 11.6 Å². The van der Waals surface area contributed by atoms with E-state index in [4.69, 9.17) is 4.52 Å². The predicted octanol–water partition coefficient (Wildman–Crippen LogP) is 1.77. The maximum Gasteiger partial charge on any atom is 0.276 e. The molecule has 0 radical (unpaired) electrons. The average Bonchev–Trinajstić information content (AvgIpc) is 2.92. The molecule has 0 saturated heterocycles. The van der Waals surface area contributed by atoms with E-state index in [0.29, 0.717) is 30.4 Å². The summed E-state index contributed by atoms with van der Waals surface area (Å²) in [6, 6.07) is 5.57. The van der Waals surface area contributed by atoms with Gasteiger partial charge in [0.15, 0.2) is 11.8 Å². The fourth-order valence-corrected chi connectivity index (χ4v) is 1.89. The molecule has 0 aliphatic heterocycles. The van der Waals surface area contributed by atoms with Crippen LogP contribution in [0.5, 0.6) is 0 Å². The van der Waals surface area contributed by atoms with Crippen LogP contribution >= 0.6 is 24.0 Å². The molecular weight excluding hydrogens is 395 g/mol. The van der Waals surface area contributed by atoms with E-state index in [9.17, 15) is 0 Å². The van der Waals surface area contributed by atoms with Gasteiger partial charge < -0.3 is 14.3 Å². The Morgan fingerprint density at radius 1 is 1.18 bits per heavy atom. The van der Waals surface area contributed by atoms with Gasteiger partial charge in [-0.1, -0.05) is 11.2 Å². The van der Waals surface area contributed by atoms with E-state index in [0.717, 1.165) is 5.96 Å². The van der Waals surface area contributed by atoms with Crippen LogP contribution in [0.2, 0.25) is 0 Å². The lowest BCUT2D eigenvalue weighted by molar-refractivity contribution is 0.421. The lowest BCUT2D eigenvalue weighted by atomic mass is 10.3. The molecule has 2 aromatic rings. The molecular formula is C14H21IN6O. The summed E-state index contributed by atoms with van der Waals surface area (Å²) >= 11 is 0. The second-order valence-corrected chi connectivity index (χ2v) is 4.95. The van der Waals surface area contributed by atoms with Gasteiger partial charge in [-0.3, -0.25) is 9.98 Å². The minimum absolute atomic E-state index is 0. The van der Waals surface area contributed by atoms with E-state index in [1.54, 1.807) is 6.20 Å². The van der Waals surface area contributed by atoms with Gasteiger partial charge in [-0.15, -0.1) is 24.0 Å². The van der Waals surface area contributed by atoms with Crippen molar-refractivity contribution in [2.75, 3.05) is 34.7 Å². The number of halogens is 1. The van der Waals surface area contributed by atoms with Gasteiger partial charge in [0.2, 0.25) is 0 Å². The van der Waals surface area contributed by atoms with Crippen LogP contribution in [-0.4, -0.2) is 65.6 Å². The van der Waals surface area contributed by atoms with Crippen LogP contribution in [-0.2, 0) is 6.42 Å². The van der Waals surface area contributed by atoms with Gasteiger partial charge in [0.1, 0.15) is 5.69 Å². The quantitative estimate of drug-likeness (QED) is 0.430. The van der Waals surface area contributed by atoms with Crippen molar-refractivity contribution in [2.24, 2.45) is 4.99 Å². The molecule has 0 aliphatic rings. The van der Waals surface area contributed by atoms with Crippen molar-refractivity contribution in [1.29, 1.82) is 0 Å². The summed E-state index contributed by atoms with van der Waals surface area (Å²) in [5.74, 6) is 1.98. The van der Waals surface area contributed by atoms with E-state index in [1.807, 2.05) is 56.2 Å². The van der Waals surface area contributed by atoms with E-state index in [2.05, 4.69) is 20.1 Å². The molecule has 22 heavy (non-hydrogen) atoms. The highest BCUT2D eigenvalue weighted by Gasteiger charge is 2.09. The first kappa shape index (κ1) is 18.3. The molecule has 120 valence electrons. The molecule has 0 unspecified atom stereocenters. The van der Waals surface area contributed by atoms with Gasteiger partial charge in [-0.2, -0.15) is 4.98 Å². The van der Waals surface area contributed by atoms with Gasteiger partial charge in [0.05, 0.1) is 0 Å². The van der Waals surface area contributed by atoms with Crippen LogP contribution in [0.4, 0.5) is 0 Å². The zero-order valence-electron chi connectivity index (χ0n) is 13.2. The van der Waals surface area contributed by atoms with Crippen molar-refractivity contribution in [3.63, 3.8) is 0 Å². The van der Waals surface area contributed by atoms with Crippen LogP contribution in [0, 0.1) is 0 Å². The third-order valence-electron chi connectivity index (χ3n) is 2.74. The maximum atomic E-state index is 5.21. The number of aliphatic imine (C=N–C) groups is 1. The standard InChI is InChI=1S/C14H20N6O.HI/c1-19(2)14(20(3)4)16-10-8-12-17-13(21-18-12)11-7-5-6-9-15-11;/h5-7,9H,8,10H2,1-4H3;1H. The summed E-state index contributed by atoms with van der Waals surface area (Å²) in [6.07, 6.45) is 2.32. The molecule has 2 heterocycles. The van der Waals surface area contributed by atoms with Crippen LogP contribution in [0.1, 0.15) is 5.82 Å². The molecule has 0 aliphatic carbocycles. The number of hydrogen-bond donors (Lipinski definition) is 0. The molecule has 2 aromatic heterocycles. The number of hydrogen-bond acceptors (Lipinski definition) is 5. The lowest BCUT2D eigenvalue weighted by Crippen LogP contribution is -2.35. The molecule has 0 N–H and O–H groups in total. The van der Waals surface area contributed by atoms with Crippen molar-refractivity contribution >= 4 is 29.9 Å². The second kappa shape index (κ2) is 8.66. The summed E-state index contributed by atoms with van der Waals surface area (Å²) < 4.78 is 5.21. The predicted molar refractivity (Wildman–Crippen MR) is 96.3 cm³/mol. The summed E-state index contributed by atoms with van der Waals surface area (Å²) in [5, 5.41) is 3.96. The topological polar surface area (TPSA) is 70.6 Å². The molecule has 0 saturated carbocycles. The molecule has 0 aromatic carbocycles. The smallest absolute Gasteiger partial charge is 0.276 e. The fraction of sp³-hybridized carbons (Fsp3) is 0.429. The number of rotatable bonds is 4. The number of aromatic nitrogens is 3. The highest BCUT2D eigenvalue weighted by Crippen LogP contribution is 2.13. The molecule has 2 rings (SSSR count). The molecule has 0 atom stereocenters. The number of nitrogens with zero attached hydrogens (tertiary/aromatic N) is 6. The van der Waals surface area contributed by atoms with Crippen molar-refractivity contribution < 1.29 is 4.52 Å². The van der Waals surface area contributed by atoms with Crippen LogP contribution in [0.15, 0.2) is 33.9 Å². The molecule has 0 spiro atoms. The molecule has 7 nitrogen and oxygen atoms in total. The Bertz CT molecular complexity index is 586. The first-order chi connectivity index (χ1) is 10.1. The van der Waals surface area contributed by atoms with Gasteiger partial charge in [0.25, 0.3) is 5.89 Å². The van der Waals surface area contributed by atoms with Crippen LogP contribution in [0.3, 0.4) is 0 Å². The maximum absolute atomic E-state index is 5.21. The monoisotopic (exact) mass is 416 g/mol. The summed E-state index contributed by atoms with van der Waals surface area (Å²) in [6.45, 7) is 0.604. The Morgan fingerprint density at radius 2 is 1.91 bits per heavy atom. The zero-order chi connectivity index (χ0) is 15.2. The van der Waals surface area contributed by atoms with Gasteiger partial charge in [-0.05, 0) is 12.1 Å². The van der Waals surface area contributed by atoms with Crippen molar-refractivity contribution in [2.45, 2.75) is 6.42 Å². The van der Waals surface area contributed by atoms with E-state index >= 15 is 0 Å². The second-order valence-electron chi connectivity index (χ2n) is 4.95. The third-order valence-corrected chi connectivity index (χ3v) is 2.74. The highest BCUT2D eigenvalue weighted by molar-refractivity contribution is 14.0. The highest BCUT2D eigenvalue weighted by atomic mass is 127. The minimum Gasteiger partial charge on any atom is -0.349 e. The Balaban J connectivity index is 0.00000242. The number of guanidine groups is 1. The van der Waals surface area contributed by atoms with Crippen molar-refractivity contribution in [3.05, 3.63) is 30.2 Å². The number of pyridine rings is 1. The Morgan fingerprint density at radius 3 is 2.50 bits per heavy atom. The summed E-state index contributed by atoms with van der Waals surface area (Å²) in [5.41, 5.74) is 0.682. The first-order valence-electron chi connectivity index (χ1n) is 6.71. The lowest BCUT2D eigenvalue weighted by Gasteiger charge is -2.22. The summed E-state index contributed by atoms with van der Waals surface area (Å²) in [4.78, 5) is 17.0. The molecule has 8 heteroatoms. The molecule has 0 amide bonds. The van der Waals surface area contributed by atoms with Crippen LogP contribution < -0.4 is 0 Å². The van der Waals surface area contributed by atoms with Gasteiger partial charge in [-0.25, -0.2) is 0 Å². The molecule has 0 fully saturated rings. The Labute approximate surface area is 147 Å². The van der Waals surface area contributed by atoms with E-state index in [-0.39, 0.29) is 24.0 Å². The largest absolute Gasteiger partial charge is 0.349 e. The minimum atomic E-state index is 0. The normalized spacial score (nSPS) is 9.82. The summed E-state index contributed by atoms with van der Waals surface area (Å²) in [7, 11) is 7.86. The van der Waals surface area contributed by atoms with Crippen molar-refractivity contribution in [1.82, 2.24) is 24.9 Å². The zero-order valence-corrected chi connectivity index (χ0v) is 15.6. The SMILES string of the molecule is CN(C)C(=NCCc1noc(-c2ccccn2)n1)N(C)C.I. The fourth-order valence-electron chi connectivity index (χ4n) is 1.89. The van der Waals surface area contributed by atoms with Crippen molar-refractivity contribution in [3.8, 4) is 11.6 Å². The van der Waals surface area contributed by atoms with Gasteiger partial charge in [0, 0.05) is 47.4 Å². The van der Waals surface area contributed by atoms with E-state index in [1.165, 1.54) is 0 Å². The Hall–Kier alpha value is -1.71. The van der Waals surface area contributed by atoms with E-state index < -0.39 is 0 Å². The average molecular weight is 416 g/mol. The molecule has 0 bridgehead atoms.